The predicted octanol–water partition coefficient (Wildman–Crippen LogP) is 6.07. The van der Waals surface area contributed by atoms with Crippen molar-refractivity contribution < 1.29 is 21.9 Å². The molecule has 4 aliphatic carbocycles. The predicted molar refractivity (Wildman–Crippen MR) is 128 cm³/mol. The molecule has 190 valence electrons. The Morgan fingerprint density at radius 1 is 0.970 bits per heavy atom. The largest absolute Gasteiger partial charge is 0.405 e. The van der Waals surface area contributed by atoms with Gasteiger partial charge in [0.2, 0.25) is 5.79 Å². The minimum absolute atomic E-state index is 0.259. The molecule has 1 heterocycles. The Morgan fingerprint density at radius 2 is 1.70 bits per heavy atom. The van der Waals surface area contributed by atoms with Gasteiger partial charge >= 0.3 is 10.4 Å². The van der Waals surface area contributed by atoms with E-state index in [9.17, 15) is 13.5 Å². The van der Waals surface area contributed by atoms with Crippen LogP contribution in [-0.4, -0.2) is 25.4 Å². The van der Waals surface area contributed by atoms with Crippen molar-refractivity contribution in [1.29, 1.82) is 0 Å². The molecule has 6 heteroatoms. The van der Waals surface area contributed by atoms with Gasteiger partial charge in [-0.05, 0) is 91.8 Å². The highest BCUT2D eigenvalue weighted by molar-refractivity contribution is 7.82. The zero-order valence-corrected chi connectivity index (χ0v) is 22.2. The molecule has 4 saturated carbocycles. The molecule has 0 aromatic heterocycles. The van der Waals surface area contributed by atoms with E-state index in [2.05, 4.69) is 34.6 Å². The Bertz CT molecular complexity index is 843. The first kappa shape index (κ1) is 24.5. The van der Waals surface area contributed by atoms with Gasteiger partial charge < -0.3 is 5.11 Å². The average molecular weight is 483 g/mol. The van der Waals surface area contributed by atoms with Crippen molar-refractivity contribution in [1.82, 2.24) is 0 Å². The van der Waals surface area contributed by atoms with Crippen LogP contribution in [0.15, 0.2) is 0 Å². The number of aliphatic hydroxyl groups is 1. The van der Waals surface area contributed by atoms with Crippen molar-refractivity contribution >= 4 is 10.4 Å². The molecule has 1 aliphatic heterocycles. The molecule has 5 nitrogen and oxygen atoms in total. The van der Waals surface area contributed by atoms with Crippen LogP contribution in [0.3, 0.4) is 0 Å². The van der Waals surface area contributed by atoms with Crippen molar-refractivity contribution in [3.63, 3.8) is 0 Å². The normalized spacial score (nSPS) is 48.6. The lowest BCUT2D eigenvalue weighted by Gasteiger charge is -2.67. The first-order valence-electron chi connectivity index (χ1n) is 13.8. The zero-order valence-electron chi connectivity index (χ0n) is 21.4. The van der Waals surface area contributed by atoms with Crippen LogP contribution in [0.2, 0.25) is 0 Å². The second-order valence-electron chi connectivity index (χ2n) is 13.4. The van der Waals surface area contributed by atoms with Crippen LogP contribution in [0.5, 0.6) is 0 Å². The summed E-state index contributed by atoms with van der Waals surface area (Å²) in [6.07, 6.45) is 11.8. The fourth-order valence-electron chi connectivity index (χ4n) is 9.94. The first-order valence-corrected chi connectivity index (χ1v) is 15.1. The van der Waals surface area contributed by atoms with E-state index >= 15 is 0 Å². The van der Waals surface area contributed by atoms with E-state index in [4.69, 9.17) is 8.37 Å². The summed E-state index contributed by atoms with van der Waals surface area (Å²) < 4.78 is 35.2. The van der Waals surface area contributed by atoms with Crippen molar-refractivity contribution in [2.45, 2.75) is 117 Å². The van der Waals surface area contributed by atoms with E-state index in [1.807, 2.05) is 0 Å². The molecule has 0 radical (unpaired) electrons. The van der Waals surface area contributed by atoms with Crippen molar-refractivity contribution in [2.24, 2.45) is 52.3 Å². The van der Waals surface area contributed by atoms with Gasteiger partial charge in [0.1, 0.15) is 0 Å². The minimum Gasteiger partial charge on any atom is -0.393 e. The fourth-order valence-corrected chi connectivity index (χ4v) is 11.1. The molecule has 1 N–H and O–H groups in total. The Morgan fingerprint density at radius 3 is 2.36 bits per heavy atom. The highest BCUT2D eigenvalue weighted by atomic mass is 32.3. The highest BCUT2D eigenvalue weighted by Crippen LogP contribution is 2.72. The van der Waals surface area contributed by atoms with E-state index in [0.29, 0.717) is 23.2 Å². The van der Waals surface area contributed by atoms with E-state index < -0.39 is 22.3 Å². The number of hydrogen-bond acceptors (Lipinski definition) is 5. The Balaban J connectivity index is 1.38. The van der Waals surface area contributed by atoms with Crippen LogP contribution in [0.25, 0.3) is 0 Å². The topological polar surface area (TPSA) is 72.8 Å². The van der Waals surface area contributed by atoms with E-state index in [1.54, 1.807) is 0 Å². The molecule has 5 fully saturated rings. The van der Waals surface area contributed by atoms with Crippen LogP contribution < -0.4 is 0 Å². The summed E-state index contributed by atoms with van der Waals surface area (Å²) in [5.74, 6) is 3.21. The lowest BCUT2D eigenvalue weighted by Crippen LogP contribution is -2.71. The standard InChI is InChI=1S/C27H46O5S/c1-17(2)7-6-8-18(3)22-11-12-23-21-10-9-19-15-20(28)16-27(31-33(29,30)32-27)26(19,5)24(21)13-14-25(22,23)4/h17-24,28H,6-16H2,1-5H3/t18-,19-,20+,21-,22-,23+,24+,25-,26+/m1/s1. The van der Waals surface area contributed by atoms with Crippen LogP contribution in [0.1, 0.15) is 105 Å². The van der Waals surface area contributed by atoms with Gasteiger partial charge in [-0.3, -0.25) is 0 Å². The maximum Gasteiger partial charge on any atom is 0.405 e. The summed E-state index contributed by atoms with van der Waals surface area (Å²) in [6.45, 7) is 12.0. The number of fused-ring (bicyclic) bond motifs is 6. The lowest BCUT2D eigenvalue weighted by molar-refractivity contribution is -0.336. The van der Waals surface area contributed by atoms with Gasteiger partial charge in [-0.15, -0.1) is 0 Å². The van der Waals surface area contributed by atoms with Gasteiger partial charge in [-0.2, -0.15) is 8.42 Å². The summed E-state index contributed by atoms with van der Waals surface area (Å²) in [4.78, 5) is 0. The second kappa shape index (κ2) is 8.18. The maximum absolute atomic E-state index is 12.0. The summed E-state index contributed by atoms with van der Waals surface area (Å²) in [7, 11) is -3.92. The van der Waals surface area contributed by atoms with Gasteiger partial charge in [-0.1, -0.05) is 53.9 Å². The quantitative estimate of drug-likeness (QED) is 0.515. The molecule has 9 atom stereocenters. The molecule has 1 spiro atoms. The van der Waals surface area contributed by atoms with Crippen molar-refractivity contribution in [3.8, 4) is 0 Å². The van der Waals surface area contributed by atoms with Crippen molar-refractivity contribution in [3.05, 3.63) is 0 Å². The average Bonchev–Trinajstić information content (AvgIpc) is 3.04. The number of aliphatic hydroxyl groups excluding tert-OH is 1. The summed E-state index contributed by atoms with van der Waals surface area (Å²) >= 11 is 0. The minimum atomic E-state index is -3.92. The first-order chi connectivity index (χ1) is 15.4. The van der Waals surface area contributed by atoms with Crippen LogP contribution in [-0.2, 0) is 18.8 Å². The summed E-state index contributed by atoms with van der Waals surface area (Å²) in [6, 6.07) is 0. The molecule has 1 saturated heterocycles. The van der Waals surface area contributed by atoms with E-state index in [-0.39, 0.29) is 17.8 Å². The zero-order chi connectivity index (χ0) is 23.8. The number of rotatable bonds is 5. The van der Waals surface area contributed by atoms with Gasteiger partial charge in [-0.25, -0.2) is 8.37 Å². The fraction of sp³-hybridized carbons (Fsp3) is 1.00. The van der Waals surface area contributed by atoms with Crippen LogP contribution >= 0.6 is 0 Å². The molecule has 5 rings (SSSR count). The Hall–Kier alpha value is -0.170. The molecule has 0 aromatic rings. The third kappa shape index (κ3) is 3.67. The lowest BCUT2D eigenvalue weighted by atomic mass is 9.43. The molecule has 5 aliphatic rings. The van der Waals surface area contributed by atoms with E-state index in [1.165, 1.54) is 44.9 Å². The molecular weight excluding hydrogens is 436 g/mol. The maximum atomic E-state index is 12.0. The molecule has 0 amide bonds. The molecular formula is C27H46O5S. The van der Waals surface area contributed by atoms with E-state index in [0.717, 1.165) is 37.0 Å². The Labute approximate surface area is 201 Å². The molecule has 0 bridgehead atoms. The van der Waals surface area contributed by atoms with Crippen LogP contribution in [0.4, 0.5) is 0 Å². The Kier molecular flexibility index (Phi) is 6.08. The SMILES string of the molecule is CC(C)CCC[C@@H](C)[C@H]1CC[C@H]2[C@H]3CC[C@@H]4C[C@H](O)CC5(OS(=O)(=O)O5)[C@]4(C)[C@H]3CC[C@]12C. The monoisotopic (exact) mass is 482 g/mol. The summed E-state index contributed by atoms with van der Waals surface area (Å²) in [5, 5.41) is 10.6. The molecule has 0 unspecified atom stereocenters. The molecule has 0 aromatic carbocycles. The van der Waals surface area contributed by atoms with Gasteiger partial charge in [0.05, 0.1) is 6.10 Å². The van der Waals surface area contributed by atoms with Gasteiger partial charge in [0, 0.05) is 11.8 Å². The number of hydrogen-bond donors (Lipinski definition) is 1. The van der Waals surface area contributed by atoms with Crippen molar-refractivity contribution in [2.75, 3.05) is 0 Å². The molecule has 33 heavy (non-hydrogen) atoms. The summed E-state index contributed by atoms with van der Waals surface area (Å²) in [5.41, 5.74) is 0.0547. The highest BCUT2D eigenvalue weighted by Gasteiger charge is 2.73. The third-order valence-electron chi connectivity index (χ3n) is 11.5. The van der Waals surface area contributed by atoms with Gasteiger partial charge in [0.15, 0.2) is 0 Å². The smallest absolute Gasteiger partial charge is 0.393 e. The third-order valence-corrected chi connectivity index (χ3v) is 12.4. The second-order valence-corrected chi connectivity index (χ2v) is 14.5. The van der Waals surface area contributed by atoms with Gasteiger partial charge in [0.25, 0.3) is 0 Å². The van der Waals surface area contributed by atoms with Crippen LogP contribution in [0, 0.1) is 52.3 Å².